The van der Waals surface area contributed by atoms with Gasteiger partial charge in [-0.2, -0.15) is 5.26 Å². The maximum atomic E-state index is 15.5. The number of hydrogen-bond donors (Lipinski definition) is 2. The molecule has 0 spiro atoms. The number of nitriles is 1. The van der Waals surface area contributed by atoms with Gasteiger partial charge in [0, 0.05) is 30.6 Å². The number of benzene rings is 1. The second-order valence-corrected chi connectivity index (χ2v) is 12.8. The van der Waals surface area contributed by atoms with Crippen molar-refractivity contribution in [3.05, 3.63) is 80.0 Å². The van der Waals surface area contributed by atoms with Crippen molar-refractivity contribution in [1.29, 1.82) is 5.26 Å². The minimum absolute atomic E-state index is 0.0378. The van der Waals surface area contributed by atoms with Gasteiger partial charge in [-0.25, -0.2) is 18.2 Å². The molecule has 1 fully saturated rings. The first-order chi connectivity index (χ1) is 22.2. The summed E-state index contributed by atoms with van der Waals surface area (Å²) in [4.78, 5) is 35.3. The van der Waals surface area contributed by atoms with Crippen LogP contribution in [0, 0.1) is 34.7 Å². The smallest absolute Gasteiger partial charge is 0.276 e. The number of nitrogens with one attached hydrogen (secondary N) is 1. The van der Waals surface area contributed by atoms with E-state index in [9.17, 15) is 23.6 Å². The molecule has 246 valence electrons. The molecule has 3 N–H and O–H groups in total. The van der Waals surface area contributed by atoms with Gasteiger partial charge in [-0.05, 0) is 56.7 Å². The third kappa shape index (κ3) is 5.41. The van der Waals surface area contributed by atoms with E-state index in [-0.39, 0.29) is 64.3 Å². The summed E-state index contributed by atoms with van der Waals surface area (Å²) in [5.74, 6) is -4.95. The number of halogens is 5. The molecule has 1 amide bonds. The minimum atomic E-state index is -1.66. The molecule has 2 aromatic heterocycles. The number of nitrogens with two attached hydrogens (primary N) is 1. The quantitative estimate of drug-likeness (QED) is 0.142. The number of rotatable bonds is 5. The summed E-state index contributed by atoms with van der Waals surface area (Å²) in [6, 6.07) is 2.35. The molecule has 1 aromatic carbocycles. The molecule has 9 nitrogen and oxygen atoms in total. The number of piperazine rings is 1. The van der Waals surface area contributed by atoms with Crippen molar-refractivity contribution in [2.75, 3.05) is 23.7 Å². The lowest BCUT2D eigenvalue weighted by Crippen LogP contribution is -2.58. The molecule has 0 bridgehead atoms. The van der Waals surface area contributed by atoms with Crippen LogP contribution >= 0.6 is 23.2 Å². The molecular weight excluding hydrogens is 654 g/mol. The van der Waals surface area contributed by atoms with Gasteiger partial charge in [0.1, 0.15) is 23.0 Å². The van der Waals surface area contributed by atoms with E-state index in [1.165, 1.54) is 16.7 Å². The Morgan fingerprint density at radius 3 is 2.40 bits per heavy atom. The summed E-state index contributed by atoms with van der Waals surface area (Å²) in [5.41, 5.74) is 3.76. The van der Waals surface area contributed by atoms with Crippen LogP contribution in [0.25, 0.3) is 28.0 Å². The van der Waals surface area contributed by atoms with Crippen molar-refractivity contribution < 1.29 is 18.0 Å². The minimum Gasteiger partial charge on any atom is -0.394 e. The standard InChI is InChI=1S/C33H32Cl2F3N7O2/c1-7-21(46)44-16(5)12-43(13-17(44)6)31-18-10-20(34)29(22-23(35)25(37)26(38)27(40)24(22)36)42-32(18)45(33(47)19(31)11-39)30-15(4)8-9-41-28(30)14(2)3/h7-10,14,16-17,28,41H,1,12-13,40H2,2-6H3/t16-,17+,28?. The van der Waals surface area contributed by atoms with Crippen LogP contribution in [-0.4, -0.2) is 51.6 Å². The van der Waals surface area contributed by atoms with E-state index < -0.39 is 51.0 Å². The van der Waals surface area contributed by atoms with Crippen LogP contribution in [0.1, 0.15) is 40.2 Å². The zero-order valence-corrected chi connectivity index (χ0v) is 27.8. The Balaban J connectivity index is 1.92. The lowest BCUT2D eigenvalue weighted by atomic mass is 9.94. The molecule has 5 rings (SSSR count). The molecule has 3 aromatic rings. The molecule has 2 aliphatic heterocycles. The number of pyridine rings is 2. The molecule has 1 saturated heterocycles. The molecule has 1 unspecified atom stereocenters. The fraction of sp³-hybridized carbons (Fsp3) is 0.333. The van der Waals surface area contributed by atoms with Gasteiger partial charge in [-0.15, -0.1) is 0 Å². The molecule has 3 atom stereocenters. The first kappa shape index (κ1) is 33.9. The molecule has 4 heterocycles. The number of dihydropyridines is 1. The predicted octanol–water partition coefficient (Wildman–Crippen LogP) is 6.23. The fourth-order valence-electron chi connectivity index (χ4n) is 6.51. The first-order valence-corrected chi connectivity index (χ1v) is 15.6. The lowest BCUT2D eigenvalue weighted by molar-refractivity contribution is -0.130. The number of amides is 1. The number of nitrogen functional groups attached to an aromatic ring is 1. The Morgan fingerprint density at radius 2 is 1.83 bits per heavy atom. The average molecular weight is 687 g/mol. The second-order valence-electron chi connectivity index (χ2n) is 12.1. The van der Waals surface area contributed by atoms with E-state index in [0.29, 0.717) is 11.3 Å². The number of fused-ring (bicyclic) bond motifs is 1. The van der Waals surface area contributed by atoms with Crippen molar-refractivity contribution in [1.82, 2.24) is 19.8 Å². The third-order valence-corrected chi connectivity index (χ3v) is 9.25. The lowest BCUT2D eigenvalue weighted by Gasteiger charge is -2.45. The van der Waals surface area contributed by atoms with Crippen LogP contribution in [0.5, 0.6) is 0 Å². The van der Waals surface area contributed by atoms with E-state index in [1.807, 2.05) is 32.6 Å². The number of anilines is 2. The fourth-order valence-corrected chi connectivity index (χ4v) is 7.01. The highest BCUT2D eigenvalue weighted by atomic mass is 35.5. The summed E-state index contributed by atoms with van der Waals surface area (Å²) in [5, 5.41) is 12.8. The van der Waals surface area contributed by atoms with Gasteiger partial charge < -0.3 is 20.9 Å². The Morgan fingerprint density at radius 1 is 1.19 bits per heavy atom. The number of hydrogen-bond acceptors (Lipinski definition) is 7. The van der Waals surface area contributed by atoms with Gasteiger partial charge in [0.15, 0.2) is 17.5 Å². The summed E-state index contributed by atoms with van der Waals surface area (Å²) in [7, 11) is 0. The maximum Gasteiger partial charge on any atom is 0.276 e. The van der Waals surface area contributed by atoms with Gasteiger partial charge in [0.05, 0.1) is 38.7 Å². The van der Waals surface area contributed by atoms with Crippen molar-refractivity contribution in [2.24, 2.45) is 5.92 Å². The van der Waals surface area contributed by atoms with Crippen LogP contribution < -0.4 is 21.5 Å². The molecule has 47 heavy (non-hydrogen) atoms. The summed E-state index contributed by atoms with van der Waals surface area (Å²) in [6.45, 7) is 13.4. The monoisotopic (exact) mass is 685 g/mol. The van der Waals surface area contributed by atoms with Gasteiger partial charge in [-0.1, -0.05) is 43.6 Å². The normalized spacial score (nSPS) is 19.7. The van der Waals surface area contributed by atoms with Crippen LogP contribution in [-0.2, 0) is 4.79 Å². The second kappa shape index (κ2) is 12.6. The first-order valence-electron chi connectivity index (χ1n) is 14.8. The van der Waals surface area contributed by atoms with Crippen LogP contribution in [0.3, 0.4) is 0 Å². The van der Waals surface area contributed by atoms with Gasteiger partial charge in [-0.3, -0.25) is 14.2 Å². The van der Waals surface area contributed by atoms with E-state index >= 15 is 4.39 Å². The molecule has 2 aliphatic rings. The third-order valence-electron chi connectivity index (χ3n) is 8.60. The topological polar surface area (TPSA) is 120 Å². The highest BCUT2D eigenvalue weighted by molar-refractivity contribution is 6.37. The number of aromatic nitrogens is 2. The van der Waals surface area contributed by atoms with Gasteiger partial charge >= 0.3 is 0 Å². The molecule has 0 radical (unpaired) electrons. The molecule has 0 saturated carbocycles. The zero-order chi connectivity index (χ0) is 34.6. The predicted molar refractivity (Wildman–Crippen MR) is 178 cm³/mol. The number of nitrogens with zero attached hydrogens (tertiary/aromatic N) is 5. The highest BCUT2D eigenvalue weighted by Crippen LogP contribution is 2.43. The van der Waals surface area contributed by atoms with Crippen LogP contribution in [0.4, 0.5) is 24.5 Å². The number of carbonyl (C=O) groups excluding carboxylic acids is 1. The maximum absolute atomic E-state index is 15.5. The van der Waals surface area contributed by atoms with Gasteiger partial charge in [0.25, 0.3) is 5.56 Å². The van der Waals surface area contributed by atoms with Gasteiger partial charge in [0.2, 0.25) is 5.91 Å². The van der Waals surface area contributed by atoms with Crippen molar-refractivity contribution >= 4 is 57.2 Å². The van der Waals surface area contributed by atoms with E-state index in [0.717, 1.165) is 0 Å². The summed E-state index contributed by atoms with van der Waals surface area (Å²) in [6.07, 6.45) is 4.74. The largest absolute Gasteiger partial charge is 0.394 e. The Labute approximate surface area is 279 Å². The van der Waals surface area contributed by atoms with Crippen molar-refractivity contribution in [3.63, 3.8) is 0 Å². The average Bonchev–Trinajstić information content (AvgIpc) is 3.02. The van der Waals surface area contributed by atoms with Crippen molar-refractivity contribution in [3.8, 4) is 17.3 Å². The van der Waals surface area contributed by atoms with Crippen LogP contribution in [0.2, 0.25) is 10.0 Å². The Bertz CT molecular complexity index is 1980. The number of allylic oxidation sites excluding steroid dienone is 2. The summed E-state index contributed by atoms with van der Waals surface area (Å²) >= 11 is 12.9. The van der Waals surface area contributed by atoms with Crippen molar-refractivity contribution in [2.45, 2.75) is 52.7 Å². The van der Waals surface area contributed by atoms with E-state index in [4.69, 9.17) is 28.9 Å². The summed E-state index contributed by atoms with van der Waals surface area (Å²) < 4.78 is 45.9. The van der Waals surface area contributed by atoms with E-state index in [1.54, 1.807) is 24.1 Å². The zero-order valence-electron chi connectivity index (χ0n) is 26.3. The Hall–Kier alpha value is -4.47. The molecular formula is C33H32Cl2F3N7O2. The highest BCUT2D eigenvalue weighted by Gasteiger charge is 2.36. The molecule has 14 heteroatoms. The Kier molecular flexibility index (Phi) is 9.10. The van der Waals surface area contributed by atoms with Crippen LogP contribution in [0.15, 0.2) is 41.4 Å². The number of carbonyl (C=O) groups is 1. The SMILES string of the molecule is C=CC(=O)N1[C@H](C)CN(c2c(C#N)c(=O)n(C3=C(C)C=CNC3C(C)C)c3nc(-c4c(F)c(N)c(F)c(F)c4Cl)c(Cl)cc23)C[C@@H]1C. The van der Waals surface area contributed by atoms with E-state index in [2.05, 4.69) is 22.9 Å². The molecule has 0 aliphatic carbocycles.